The van der Waals surface area contributed by atoms with Crippen LogP contribution in [-0.2, 0) is 6.42 Å². The van der Waals surface area contributed by atoms with Gasteiger partial charge >= 0.3 is 0 Å². The van der Waals surface area contributed by atoms with Gasteiger partial charge in [-0.25, -0.2) is 9.97 Å². The van der Waals surface area contributed by atoms with Gasteiger partial charge in [0.25, 0.3) is 0 Å². The molecule has 0 bridgehead atoms. The normalized spacial score (nSPS) is 17.1. The minimum absolute atomic E-state index is 0.501. The van der Waals surface area contributed by atoms with E-state index in [1.165, 1.54) is 38.9 Å². The molecule has 0 unspecified atom stereocenters. The van der Waals surface area contributed by atoms with Crippen molar-refractivity contribution in [3.05, 3.63) is 11.4 Å². The second-order valence-corrected chi connectivity index (χ2v) is 6.01. The predicted molar refractivity (Wildman–Crippen MR) is 88.6 cm³/mol. The van der Waals surface area contributed by atoms with Crippen LogP contribution in [0.1, 0.15) is 50.9 Å². The molecule has 0 aliphatic carbocycles. The van der Waals surface area contributed by atoms with Crippen molar-refractivity contribution in [3.8, 4) is 0 Å². The Kier molecular flexibility index (Phi) is 5.79. The fraction of sp³-hybridized carbons (Fsp3) is 0.750. The van der Waals surface area contributed by atoms with Crippen LogP contribution in [0.15, 0.2) is 0 Å². The topological polar surface area (TPSA) is 67.1 Å². The van der Waals surface area contributed by atoms with Gasteiger partial charge in [-0.05, 0) is 39.2 Å². The van der Waals surface area contributed by atoms with E-state index >= 15 is 0 Å². The molecule has 0 aromatic carbocycles. The monoisotopic (exact) mass is 291 g/mol. The zero-order valence-electron chi connectivity index (χ0n) is 13.7. The highest BCUT2D eigenvalue weighted by atomic mass is 15.2. The van der Waals surface area contributed by atoms with Crippen molar-refractivity contribution in [2.24, 2.45) is 0 Å². The lowest BCUT2D eigenvalue weighted by Gasteiger charge is -2.32. The average molecular weight is 291 g/mol. The first kappa shape index (κ1) is 16.0. The maximum absolute atomic E-state index is 6.02. The lowest BCUT2D eigenvalue weighted by atomic mass is 10.0. The minimum Gasteiger partial charge on any atom is -0.383 e. The molecule has 5 nitrogen and oxygen atoms in total. The van der Waals surface area contributed by atoms with Crippen molar-refractivity contribution in [1.29, 1.82) is 0 Å². The van der Waals surface area contributed by atoms with Crippen LogP contribution in [0.5, 0.6) is 0 Å². The van der Waals surface area contributed by atoms with E-state index in [9.17, 15) is 0 Å². The Hall–Kier alpha value is -1.36. The third-order valence-corrected chi connectivity index (χ3v) is 4.17. The number of piperidine rings is 1. The number of nitrogens with two attached hydrogens (primary N) is 1. The van der Waals surface area contributed by atoms with Crippen LogP contribution in [0, 0.1) is 6.92 Å². The largest absolute Gasteiger partial charge is 0.383 e. The van der Waals surface area contributed by atoms with Gasteiger partial charge in [-0.3, -0.25) is 0 Å². The highest BCUT2D eigenvalue weighted by Crippen LogP contribution is 2.21. The molecule has 0 radical (unpaired) electrons. The van der Waals surface area contributed by atoms with Gasteiger partial charge in [0, 0.05) is 31.1 Å². The molecule has 0 atom stereocenters. The number of aromatic nitrogens is 2. The summed E-state index contributed by atoms with van der Waals surface area (Å²) in [6, 6.07) is 0.501. The quantitative estimate of drug-likeness (QED) is 0.843. The highest BCUT2D eigenvalue weighted by molar-refractivity contribution is 5.55. The van der Waals surface area contributed by atoms with Gasteiger partial charge in [-0.1, -0.05) is 13.8 Å². The van der Waals surface area contributed by atoms with Crippen molar-refractivity contribution < 1.29 is 0 Å². The summed E-state index contributed by atoms with van der Waals surface area (Å²) < 4.78 is 0. The summed E-state index contributed by atoms with van der Waals surface area (Å²) in [5, 5.41) is 3.59. The van der Waals surface area contributed by atoms with Crippen molar-refractivity contribution in [2.75, 3.05) is 30.7 Å². The third kappa shape index (κ3) is 4.30. The van der Waals surface area contributed by atoms with Crippen LogP contribution in [0.25, 0.3) is 0 Å². The van der Waals surface area contributed by atoms with Crippen LogP contribution in [0.4, 0.5) is 11.6 Å². The molecule has 3 N–H and O–H groups in total. The van der Waals surface area contributed by atoms with Gasteiger partial charge in [0.05, 0.1) is 0 Å². The molecule has 118 valence electrons. The maximum Gasteiger partial charge on any atom is 0.134 e. The summed E-state index contributed by atoms with van der Waals surface area (Å²) in [5.41, 5.74) is 7.00. The predicted octanol–water partition coefficient (Wildman–Crippen LogP) is 2.61. The standard InChI is InChI=1S/C16H29N5/c1-4-6-14-19-15(17)12(3)16(20-14)18-13-7-10-21(9-5-2)11-8-13/h13H,4-11H2,1-3H3,(H3,17,18,19,20). The fourth-order valence-electron chi connectivity index (χ4n) is 2.87. The molecule has 0 saturated carbocycles. The molecule has 21 heavy (non-hydrogen) atoms. The molecule has 1 aliphatic rings. The lowest BCUT2D eigenvalue weighted by Crippen LogP contribution is -2.39. The second-order valence-electron chi connectivity index (χ2n) is 6.01. The molecule has 1 aliphatic heterocycles. The maximum atomic E-state index is 6.02. The van der Waals surface area contributed by atoms with E-state index in [-0.39, 0.29) is 0 Å². The summed E-state index contributed by atoms with van der Waals surface area (Å²) in [5.74, 6) is 2.39. The molecule has 1 saturated heterocycles. The van der Waals surface area contributed by atoms with Crippen molar-refractivity contribution in [3.63, 3.8) is 0 Å². The zero-order valence-corrected chi connectivity index (χ0v) is 13.7. The van der Waals surface area contributed by atoms with E-state index in [1.807, 2.05) is 6.92 Å². The van der Waals surface area contributed by atoms with Gasteiger partial charge < -0.3 is 16.0 Å². The first-order chi connectivity index (χ1) is 10.1. The minimum atomic E-state index is 0.501. The summed E-state index contributed by atoms with van der Waals surface area (Å²) in [7, 11) is 0. The summed E-state index contributed by atoms with van der Waals surface area (Å²) in [6.07, 6.45) is 5.50. The molecule has 2 rings (SSSR count). The number of nitrogens with zero attached hydrogens (tertiary/aromatic N) is 3. The number of nitrogen functional groups attached to an aromatic ring is 1. The molecule has 1 aromatic rings. The van der Waals surface area contributed by atoms with E-state index in [0.29, 0.717) is 11.9 Å². The number of anilines is 2. The molecular formula is C16H29N5. The van der Waals surface area contributed by atoms with E-state index in [2.05, 4.69) is 34.0 Å². The van der Waals surface area contributed by atoms with E-state index < -0.39 is 0 Å². The smallest absolute Gasteiger partial charge is 0.134 e. The Morgan fingerprint density at radius 2 is 1.90 bits per heavy atom. The molecule has 0 spiro atoms. The Morgan fingerprint density at radius 3 is 2.52 bits per heavy atom. The number of aryl methyl sites for hydroxylation is 1. The lowest BCUT2D eigenvalue weighted by molar-refractivity contribution is 0.219. The Labute approximate surface area is 128 Å². The van der Waals surface area contributed by atoms with Gasteiger partial charge in [0.15, 0.2) is 0 Å². The van der Waals surface area contributed by atoms with Crippen LogP contribution < -0.4 is 11.1 Å². The van der Waals surface area contributed by atoms with Crippen molar-refractivity contribution >= 4 is 11.6 Å². The number of likely N-dealkylation sites (tertiary alicyclic amines) is 1. The first-order valence-corrected chi connectivity index (χ1v) is 8.25. The molecule has 0 amide bonds. The molecule has 2 heterocycles. The first-order valence-electron chi connectivity index (χ1n) is 8.25. The number of hydrogen-bond donors (Lipinski definition) is 2. The van der Waals surface area contributed by atoms with Crippen molar-refractivity contribution in [1.82, 2.24) is 14.9 Å². The van der Waals surface area contributed by atoms with Gasteiger partial charge in [-0.15, -0.1) is 0 Å². The van der Waals surface area contributed by atoms with Crippen LogP contribution in [0.3, 0.4) is 0 Å². The number of hydrogen-bond acceptors (Lipinski definition) is 5. The Bertz CT molecular complexity index is 452. The fourth-order valence-corrected chi connectivity index (χ4v) is 2.87. The van der Waals surface area contributed by atoms with Crippen LogP contribution >= 0.6 is 0 Å². The number of nitrogens with one attached hydrogen (secondary N) is 1. The SMILES string of the molecule is CCCc1nc(N)c(C)c(NC2CCN(CCC)CC2)n1. The molecule has 5 heteroatoms. The van der Waals surface area contributed by atoms with E-state index in [4.69, 9.17) is 5.73 Å². The number of rotatable bonds is 6. The van der Waals surface area contributed by atoms with Gasteiger partial charge in [0.1, 0.15) is 17.5 Å². The molecular weight excluding hydrogens is 262 g/mol. The van der Waals surface area contributed by atoms with E-state index in [1.54, 1.807) is 0 Å². The second kappa shape index (κ2) is 7.59. The van der Waals surface area contributed by atoms with Crippen LogP contribution in [-0.4, -0.2) is 40.5 Å². The Balaban J connectivity index is 1.99. The summed E-state index contributed by atoms with van der Waals surface area (Å²) >= 11 is 0. The molecule has 1 aromatic heterocycles. The molecule has 1 fully saturated rings. The van der Waals surface area contributed by atoms with Crippen molar-refractivity contribution in [2.45, 2.75) is 58.9 Å². The van der Waals surface area contributed by atoms with Crippen LogP contribution in [0.2, 0.25) is 0 Å². The zero-order chi connectivity index (χ0) is 15.2. The summed E-state index contributed by atoms with van der Waals surface area (Å²) in [4.78, 5) is 11.6. The van der Waals surface area contributed by atoms with Gasteiger partial charge in [-0.2, -0.15) is 0 Å². The third-order valence-electron chi connectivity index (χ3n) is 4.17. The van der Waals surface area contributed by atoms with E-state index in [0.717, 1.165) is 30.0 Å². The Morgan fingerprint density at radius 1 is 1.19 bits per heavy atom. The van der Waals surface area contributed by atoms with Gasteiger partial charge in [0.2, 0.25) is 0 Å². The highest BCUT2D eigenvalue weighted by Gasteiger charge is 2.20. The average Bonchev–Trinajstić information content (AvgIpc) is 2.47. The summed E-state index contributed by atoms with van der Waals surface area (Å²) in [6.45, 7) is 9.94.